The number of pyridine rings is 1. The molecule has 1 aliphatic rings. The van der Waals surface area contributed by atoms with Gasteiger partial charge in [0, 0.05) is 38.9 Å². The highest BCUT2D eigenvalue weighted by Gasteiger charge is 2.23. The summed E-state index contributed by atoms with van der Waals surface area (Å²) in [6.45, 7) is 7.52. The minimum atomic E-state index is -0.576. The van der Waals surface area contributed by atoms with E-state index in [-0.39, 0.29) is 61.5 Å². The Morgan fingerprint density at radius 3 is 2.30 bits per heavy atom. The van der Waals surface area contributed by atoms with Crippen molar-refractivity contribution in [2.75, 3.05) is 32.7 Å². The summed E-state index contributed by atoms with van der Waals surface area (Å²) in [7, 11) is 0. The fraction of sp³-hybridized carbons (Fsp3) is 0.588. The maximum absolute atomic E-state index is 12.2. The molecule has 1 saturated heterocycles. The van der Waals surface area contributed by atoms with E-state index < -0.39 is 6.04 Å². The number of rotatable bonds is 6. The van der Waals surface area contributed by atoms with Crippen LogP contribution in [0.5, 0.6) is 0 Å². The second-order valence-electron chi connectivity index (χ2n) is 6.47. The summed E-state index contributed by atoms with van der Waals surface area (Å²) in [4.78, 5) is 32.4. The molecule has 0 aliphatic carbocycles. The van der Waals surface area contributed by atoms with Gasteiger partial charge in [-0.15, -0.1) is 37.2 Å². The van der Waals surface area contributed by atoms with Crippen molar-refractivity contribution in [2.45, 2.75) is 26.4 Å². The SMILES string of the molecule is CC(C)[C@H](N)C(=O)NCC(=O)N1CCN(Cc2ccccn2)CC1.Cl.Cl.Cl. The first-order valence-electron chi connectivity index (χ1n) is 8.40. The third-order valence-electron chi connectivity index (χ3n) is 4.27. The Kier molecular flexibility index (Phi) is 14.5. The highest BCUT2D eigenvalue weighted by Crippen LogP contribution is 2.06. The van der Waals surface area contributed by atoms with Crippen LogP contribution in [0.2, 0.25) is 0 Å². The molecule has 0 spiro atoms. The Bertz CT molecular complexity index is 555. The summed E-state index contributed by atoms with van der Waals surface area (Å²) in [5, 5.41) is 2.63. The fourth-order valence-electron chi connectivity index (χ4n) is 2.57. The van der Waals surface area contributed by atoms with Crippen molar-refractivity contribution in [3.8, 4) is 0 Å². The van der Waals surface area contributed by atoms with E-state index in [1.807, 2.05) is 32.0 Å². The van der Waals surface area contributed by atoms with Crippen molar-refractivity contribution in [1.29, 1.82) is 0 Å². The van der Waals surface area contributed by atoms with Crippen LogP contribution in [-0.2, 0) is 16.1 Å². The van der Waals surface area contributed by atoms with E-state index in [4.69, 9.17) is 5.73 Å². The topological polar surface area (TPSA) is 91.6 Å². The molecule has 1 aromatic rings. The van der Waals surface area contributed by atoms with Gasteiger partial charge < -0.3 is 16.0 Å². The standard InChI is InChI=1S/C17H27N5O2.3ClH/c1-13(2)16(18)17(24)20-11-15(23)22-9-7-21(8-10-22)12-14-5-3-4-6-19-14;;;/h3-6,13,16H,7-12,18H2,1-2H3,(H,20,24);3*1H/t16-;;;/m0.../s1. The van der Waals surface area contributed by atoms with Crippen LogP contribution in [0.3, 0.4) is 0 Å². The molecule has 1 atom stereocenters. The number of piperazine rings is 1. The van der Waals surface area contributed by atoms with Gasteiger partial charge in [0.2, 0.25) is 11.8 Å². The molecule has 1 fully saturated rings. The number of halogens is 3. The first-order valence-corrected chi connectivity index (χ1v) is 8.40. The molecule has 1 aromatic heterocycles. The van der Waals surface area contributed by atoms with Crippen LogP contribution in [0.1, 0.15) is 19.5 Å². The zero-order chi connectivity index (χ0) is 17.5. The zero-order valence-corrected chi connectivity index (χ0v) is 18.1. The molecule has 0 unspecified atom stereocenters. The van der Waals surface area contributed by atoms with Gasteiger partial charge in [0.1, 0.15) is 0 Å². The molecule has 0 radical (unpaired) electrons. The summed E-state index contributed by atoms with van der Waals surface area (Å²) in [5.74, 6) is -0.279. The number of aromatic nitrogens is 1. The number of hydrogen-bond donors (Lipinski definition) is 2. The minimum Gasteiger partial charge on any atom is -0.346 e. The number of amides is 2. The van der Waals surface area contributed by atoms with Crippen molar-refractivity contribution in [3.05, 3.63) is 30.1 Å². The van der Waals surface area contributed by atoms with Gasteiger partial charge in [-0.2, -0.15) is 0 Å². The molecule has 2 rings (SSSR count). The maximum atomic E-state index is 12.2. The van der Waals surface area contributed by atoms with Gasteiger partial charge in [0.05, 0.1) is 18.3 Å². The molecule has 2 amide bonds. The van der Waals surface area contributed by atoms with Crippen LogP contribution < -0.4 is 11.1 Å². The van der Waals surface area contributed by atoms with Gasteiger partial charge in [0.15, 0.2) is 0 Å². The Labute approximate surface area is 179 Å². The van der Waals surface area contributed by atoms with Crippen LogP contribution in [-0.4, -0.2) is 65.4 Å². The van der Waals surface area contributed by atoms with Crippen LogP contribution in [0, 0.1) is 5.92 Å². The molecule has 0 bridgehead atoms. The first kappa shape index (κ1) is 28.1. The monoisotopic (exact) mass is 441 g/mol. The van der Waals surface area contributed by atoms with Gasteiger partial charge >= 0.3 is 0 Å². The van der Waals surface area contributed by atoms with Gasteiger partial charge in [-0.05, 0) is 18.1 Å². The van der Waals surface area contributed by atoms with Crippen molar-refractivity contribution in [2.24, 2.45) is 11.7 Å². The predicted molar refractivity (Wildman–Crippen MR) is 114 cm³/mol. The van der Waals surface area contributed by atoms with E-state index >= 15 is 0 Å². The minimum absolute atomic E-state index is 0. The summed E-state index contributed by atoms with van der Waals surface area (Å²) in [5.41, 5.74) is 6.80. The molecule has 2 heterocycles. The molecule has 10 heteroatoms. The lowest BCUT2D eigenvalue weighted by molar-refractivity contribution is -0.134. The van der Waals surface area contributed by atoms with Crippen LogP contribution >= 0.6 is 37.2 Å². The molecule has 156 valence electrons. The van der Waals surface area contributed by atoms with E-state index in [9.17, 15) is 9.59 Å². The largest absolute Gasteiger partial charge is 0.346 e. The van der Waals surface area contributed by atoms with E-state index in [0.29, 0.717) is 13.1 Å². The third kappa shape index (κ3) is 9.08. The van der Waals surface area contributed by atoms with Gasteiger partial charge in [-0.3, -0.25) is 19.5 Å². The van der Waals surface area contributed by atoms with E-state index in [2.05, 4.69) is 15.2 Å². The van der Waals surface area contributed by atoms with Crippen molar-refractivity contribution >= 4 is 49.0 Å². The first-order chi connectivity index (χ1) is 11.5. The van der Waals surface area contributed by atoms with Gasteiger partial charge in [0.25, 0.3) is 0 Å². The zero-order valence-electron chi connectivity index (χ0n) is 15.7. The second-order valence-corrected chi connectivity index (χ2v) is 6.47. The average Bonchev–Trinajstić information content (AvgIpc) is 2.60. The molecule has 27 heavy (non-hydrogen) atoms. The number of nitrogens with zero attached hydrogens (tertiary/aromatic N) is 3. The van der Waals surface area contributed by atoms with E-state index in [1.165, 1.54) is 0 Å². The highest BCUT2D eigenvalue weighted by atomic mass is 35.5. The lowest BCUT2D eigenvalue weighted by Gasteiger charge is -2.34. The van der Waals surface area contributed by atoms with Gasteiger partial charge in [-0.1, -0.05) is 19.9 Å². The van der Waals surface area contributed by atoms with Crippen molar-refractivity contribution < 1.29 is 9.59 Å². The Morgan fingerprint density at radius 1 is 1.15 bits per heavy atom. The predicted octanol–water partition coefficient (Wildman–Crippen LogP) is 1.09. The second kappa shape index (κ2) is 14.0. The third-order valence-corrected chi connectivity index (χ3v) is 4.27. The number of nitrogens with one attached hydrogen (secondary N) is 1. The number of carbonyl (C=O) groups excluding carboxylic acids is 2. The Balaban J connectivity index is 0. The Hall–Kier alpha value is -1.12. The van der Waals surface area contributed by atoms with Crippen LogP contribution in [0.4, 0.5) is 0 Å². The maximum Gasteiger partial charge on any atom is 0.242 e. The molecule has 0 saturated carbocycles. The lowest BCUT2D eigenvalue weighted by atomic mass is 10.1. The van der Waals surface area contributed by atoms with Crippen LogP contribution in [0.15, 0.2) is 24.4 Å². The van der Waals surface area contributed by atoms with Gasteiger partial charge in [-0.25, -0.2) is 0 Å². The average molecular weight is 443 g/mol. The molecule has 3 N–H and O–H groups in total. The van der Waals surface area contributed by atoms with Crippen LogP contribution in [0.25, 0.3) is 0 Å². The molecular formula is C17H30Cl3N5O2. The number of hydrogen-bond acceptors (Lipinski definition) is 5. The molecule has 1 aliphatic heterocycles. The molecule has 0 aromatic carbocycles. The number of carbonyl (C=O) groups is 2. The fourth-order valence-corrected chi connectivity index (χ4v) is 2.57. The quantitative estimate of drug-likeness (QED) is 0.688. The Morgan fingerprint density at radius 2 is 1.78 bits per heavy atom. The van der Waals surface area contributed by atoms with Crippen molar-refractivity contribution in [1.82, 2.24) is 20.1 Å². The lowest BCUT2D eigenvalue weighted by Crippen LogP contribution is -2.52. The normalized spacial score (nSPS) is 15.0. The molecule has 7 nitrogen and oxygen atoms in total. The summed E-state index contributed by atoms with van der Waals surface area (Å²) in [6, 6.07) is 5.31. The smallest absolute Gasteiger partial charge is 0.242 e. The summed E-state index contributed by atoms with van der Waals surface area (Å²) < 4.78 is 0. The summed E-state index contributed by atoms with van der Waals surface area (Å²) in [6.07, 6.45) is 1.79. The number of nitrogens with two attached hydrogens (primary N) is 1. The highest BCUT2D eigenvalue weighted by molar-refractivity contribution is 5.87. The van der Waals surface area contributed by atoms with E-state index in [0.717, 1.165) is 25.3 Å². The van der Waals surface area contributed by atoms with Crippen molar-refractivity contribution in [3.63, 3.8) is 0 Å². The van der Waals surface area contributed by atoms with E-state index in [1.54, 1.807) is 11.1 Å². The summed E-state index contributed by atoms with van der Waals surface area (Å²) >= 11 is 0. The molecular weight excluding hydrogens is 413 g/mol.